The standard InChI is InChI=1S/C23H16FNO4/c1-14(16-11-12-17(20(24)13-16)15-7-3-2-4-8-15)23(28)29-25-21(26)18-9-5-6-10-19(18)22(25)27/h2-14H,1H3. The zero-order valence-corrected chi connectivity index (χ0v) is 15.5. The zero-order valence-electron chi connectivity index (χ0n) is 15.5. The maximum Gasteiger partial charge on any atom is 0.340 e. The van der Waals surface area contributed by atoms with Crippen LogP contribution in [0.25, 0.3) is 11.1 Å². The molecule has 144 valence electrons. The first kappa shape index (κ1) is 18.6. The second kappa shape index (κ2) is 7.31. The summed E-state index contributed by atoms with van der Waals surface area (Å²) in [5.41, 5.74) is 1.87. The fourth-order valence-electron chi connectivity index (χ4n) is 3.21. The average Bonchev–Trinajstić information content (AvgIpc) is 2.99. The van der Waals surface area contributed by atoms with Gasteiger partial charge in [0.25, 0.3) is 11.8 Å². The molecule has 1 aliphatic rings. The van der Waals surface area contributed by atoms with Crippen molar-refractivity contribution >= 4 is 17.8 Å². The lowest BCUT2D eigenvalue weighted by Crippen LogP contribution is -2.34. The topological polar surface area (TPSA) is 63.7 Å². The molecular formula is C23H16FNO4. The zero-order chi connectivity index (χ0) is 20.5. The van der Waals surface area contributed by atoms with Crippen LogP contribution in [0.3, 0.4) is 0 Å². The van der Waals surface area contributed by atoms with Crippen molar-refractivity contribution in [2.75, 3.05) is 0 Å². The van der Waals surface area contributed by atoms with Crippen LogP contribution < -0.4 is 0 Å². The summed E-state index contributed by atoms with van der Waals surface area (Å²) in [7, 11) is 0. The summed E-state index contributed by atoms with van der Waals surface area (Å²) in [5, 5.41) is 0.457. The molecule has 1 unspecified atom stereocenters. The molecule has 3 aromatic carbocycles. The van der Waals surface area contributed by atoms with Crippen LogP contribution in [0.5, 0.6) is 0 Å². The van der Waals surface area contributed by atoms with E-state index < -0.39 is 29.5 Å². The fourth-order valence-corrected chi connectivity index (χ4v) is 3.21. The largest absolute Gasteiger partial charge is 0.340 e. The van der Waals surface area contributed by atoms with Gasteiger partial charge in [0.05, 0.1) is 17.0 Å². The van der Waals surface area contributed by atoms with E-state index in [4.69, 9.17) is 4.84 Å². The molecule has 3 aromatic rings. The van der Waals surface area contributed by atoms with Crippen LogP contribution in [-0.2, 0) is 9.63 Å². The average molecular weight is 389 g/mol. The first-order valence-electron chi connectivity index (χ1n) is 9.02. The van der Waals surface area contributed by atoms with Crippen LogP contribution in [0, 0.1) is 5.82 Å². The van der Waals surface area contributed by atoms with Gasteiger partial charge in [-0.1, -0.05) is 59.7 Å². The third-order valence-corrected chi connectivity index (χ3v) is 4.87. The summed E-state index contributed by atoms with van der Waals surface area (Å²) >= 11 is 0. The minimum atomic E-state index is -0.876. The number of rotatable bonds is 4. The Morgan fingerprint density at radius 2 is 1.45 bits per heavy atom. The summed E-state index contributed by atoms with van der Waals surface area (Å²) in [4.78, 5) is 42.2. The molecule has 1 aliphatic heterocycles. The van der Waals surface area contributed by atoms with Crippen LogP contribution >= 0.6 is 0 Å². The van der Waals surface area contributed by atoms with E-state index in [1.807, 2.05) is 18.2 Å². The number of fused-ring (bicyclic) bond motifs is 1. The van der Waals surface area contributed by atoms with Gasteiger partial charge in [-0.15, -0.1) is 0 Å². The Bertz CT molecular complexity index is 1090. The number of hydrogen-bond acceptors (Lipinski definition) is 4. The molecule has 0 aromatic heterocycles. The molecule has 0 N–H and O–H groups in total. The van der Waals surface area contributed by atoms with Gasteiger partial charge in [0.1, 0.15) is 5.82 Å². The molecule has 5 nitrogen and oxygen atoms in total. The van der Waals surface area contributed by atoms with Gasteiger partial charge in [0, 0.05) is 5.56 Å². The second-order valence-electron chi connectivity index (χ2n) is 6.69. The molecule has 0 fully saturated rings. The van der Waals surface area contributed by atoms with Crippen molar-refractivity contribution in [2.45, 2.75) is 12.8 Å². The first-order chi connectivity index (χ1) is 14.0. The first-order valence-corrected chi connectivity index (χ1v) is 9.02. The van der Waals surface area contributed by atoms with Gasteiger partial charge in [-0.05, 0) is 36.2 Å². The predicted molar refractivity (Wildman–Crippen MR) is 103 cm³/mol. The highest BCUT2D eigenvalue weighted by molar-refractivity contribution is 6.20. The van der Waals surface area contributed by atoms with Gasteiger partial charge in [-0.25, -0.2) is 9.18 Å². The van der Waals surface area contributed by atoms with Gasteiger partial charge in [0.2, 0.25) is 0 Å². The van der Waals surface area contributed by atoms with Crippen LogP contribution in [0.1, 0.15) is 39.1 Å². The Morgan fingerprint density at radius 3 is 2.03 bits per heavy atom. The summed E-state index contributed by atoms with van der Waals surface area (Å²) in [6.45, 7) is 1.53. The lowest BCUT2D eigenvalue weighted by Gasteiger charge is -2.17. The molecule has 4 rings (SSSR count). The molecule has 0 saturated carbocycles. The Kier molecular flexibility index (Phi) is 4.68. The quantitative estimate of drug-likeness (QED) is 0.623. The lowest BCUT2D eigenvalue weighted by molar-refractivity contribution is -0.170. The van der Waals surface area contributed by atoms with Gasteiger partial charge < -0.3 is 4.84 Å². The van der Waals surface area contributed by atoms with E-state index in [1.54, 1.807) is 36.4 Å². The van der Waals surface area contributed by atoms with Crippen molar-refractivity contribution in [1.29, 1.82) is 0 Å². The predicted octanol–water partition coefficient (Wildman–Crippen LogP) is 4.35. The Hall–Kier alpha value is -3.80. The van der Waals surface area contributed by atoms with Crippen molar-refractivity contribution in [3.8, 4) is 11.1 Å². The van der Waals surface area contributed by atoms with Crippen molar-refractivity contribution in [3.05, 3.63) is 95.3 Å². The van der Waals surface area contributed by atoms with Crippen LogP contribution in [0.4, 0.5) is 4.39 Å². The number of amides is 2. The van der Waals surface area contributed by atoms with Crippen LogP contribution in [0.2, 0.25) is 0 Å². The van der Waals surface area contributed by atoms with Crippen molar-refractivity contribution in [2.24, 2.45) is 0 Å². The molecule has 6 heteroatoms. The molecule has 1 heterocycles. The highest BCUT2D eigenvalue weighted by Crippen LogP contribution is 2.28. The van der Waals surface area contributed by atoms with E-state index in [1.165, 1.54) is 25.1 Å². The number of hydroxylamine groups is 2. The lowest BCUT2D eigenvalue weighted by atomic mass is 9.97. The van der Waals surface area contributed by atoms with E-state index in [0.717, 1.165) is 5.56 Å². The highest BCUT2D eigenvalue weighted by Gasteiger charge is 2.39. The number of benzene rings is 3. The molecule has 2 amide bonds. The molecule has 0 spiro atoms. The number of nitrogens with zero attached hydrogens (tertiary/aromatic N) is 1. The van der Waals surface area contributed by atoms with Gasteiger partial charge in [0.15, 0.2) is 0 Å². The number of imide groups is 1. The molecule has 0 radical (unpaired) electrons. The smallest absolute Gasteiger partial charge is 0.329 e. The minimum absolute atomic E-state index is 0.177. The van der Waals surface area contributed by atoms with Crippen molar-refractivity contribution < 1.29 is 23.6 Å². The van der Waals surface area contributed by atoms with E-state index >= 15 is 0 Å². The maximum atomic E-state index is 14.6. The normalized spacial score (nSPS) is 13.9. The van der Waals surface area contributed by atoms with Gasteiger partial charge in [-0.2, -0.15) is 0 Å². The SMILES string of the molecule is CC(C(=O)ON1C(=O)c2ccccc2C1=O)c1ccc(-c2ccccc2)c(F)c1. The number of halogens is 1. The van der Waals surface area contributed by atoms with Gasteiger partial charge >= 0.3 is 5.97 Å². The highest BCUT2D eigenvalue weighted by atomic mass is 19.1. The Morgan fingerprint density at radius 1 is 0.862 bits per heavy atom. The molecule has 0 bridgehead atoms. The van der Waals surface area contributed by atoms with E-state index in [0.29, 0.717) is 16.2 Å². The minimum Gasteiger partial charge on any atom is -0.329 e. The molecule has 1 atom stereocenters. The van der Waals surface area contributed by atoms with Crippen molar-refractivity contribution in [3.63, 3.8) is 0 Å². The monoisotopic (exact) mass is 389 g/mol. The third kappa shape index (κ3) is 3.29. The van der Waals surface area contributed by atoms with E-state index in [-0.39, 0.29) is 11.1 Å². The van der Waals surface area contributed by atoms with Gasteiger partial charge in [-0.3, -0.25) is 9.59 Å². The fraction of sp³-hybridized carbons (Fsp3) is 0.0870. The summed E-state index contributed by atoms with van der Waals surface area (Å²) in [5.74, 6) is -3.58. The van der Waals surface area contributed by atoms with Crippen molar-refractivity contribution in [1.82, 2.24) is 5.06 Å². The van der Waals surface area contributed by atoms with Crippen LogP contribution in [-0.4, -0.2) is 22.8 Å². The number of carbonyl (C=O) groups excluding carboxylic acids is 3. The van der Waals surface area contributed by atoms with E-state index in [2.05, 4.69) is 0 Å². The maximum absolute atomic E-state index is 14.6. The summed E-state index contributed by atoms with van der Waals surface area (Å²) in [6.07, 6.45) is 0. The van der Waals surface area contributed by atoms with E-state index in [9.17, 15) is 18.8 Å². The number of hydrogen-bond donors (Lipinski definition) is 0. The second-order valence-corrected chi connectivity index (χ2v) is 6.69. The molecule has 29 heavy (non-hydrogen) atoms. The van der Waals surface area contributed by atoms with Crippen LogP contribution in [0.15, 0.2) is 72.8 Å². The Labute approximate surface area is 166 Å². The molecule has 0 aliphatic carbocycles. The summed E-state index contributed by atoms with van der Waals surface area (Å²) < 4.78 is 14.6. The number of carbonyl (C=O) groups is 3. The summed E-state index contributed by atoms with van der Waals surface area (Å²) in [6, 6.07) is 19.7. The molecule has 0 saturated heterocycles. The Balaban J connectivity index is 1.53. The molecular weight excluding hydrogens is 373 g/mol. The third-order valence-electron chi connectivity index (χ3n) is 4.87.